The van der Waals surface area contributed by atoms with Gasteiger partial charge in [0.2, 0.25) is 17.7 Å². The van der Waals surface area contributed by atoms with Crippen LogP contribution in [0.3, 0.4) is 0 Å². The van der Waals surface area contributed by atoms with Gasteiger partial charge in [-0.25, -0.2) is 13.5 Å². The second-order valence-electron chi connectivity index (χ2n) is 41.4. The Bertz CT molecular complexity index is 5170. The Morgan fingerprint density at radius 1 is 0.352 bits per heavy atom. The summed E-state index contributed by atoms with van der Waals surface area (Å²) in [6.07, 6.45) is 18.2. The molecule has 0 aliphatic rings. The first-order valence-corrected chi connectivity index (χ1v) is 47.2. The van der Waals surface area contributed by atoms with Gasteiger partial charge in [0.15, 0.2) is 53.2 Å². The molecule has 0 saturated heterocycles. The zero-order chi connectivity index (χ0) is 95.6. The van der Waals surface area contributed by atoms with E-state index < -0.39 is 45.1 Å². The molecule has 0 aliphatic heterocycles. The highest BCUT2D eigenvalue weighted by Gasteiger charge is 2.49. The van der Waals surface area contributed by atoms with Crippen molar-refractivity contribution in [3.05, 3.63) is 122 Å². The highest BCUT2D eigenvalue weighted by Crippen LogP contribution is 2.43. The van der Waals surface area contributed by atoms with Crippen molar-refractivity contribution in [1.82, 2.24) is 75.4 Å². The molecule has 0 saturated carbocycles. The van der Waals surface area contributed by atoms with Crippen LogP contribution in [0.1, 0.15) is 351 Å². The predicted molar refractivity (Wildman–Crippen MR) is 517 cm³/mol. The molecule has 0 aliphatic carbocycles. The van der Waals surface area contributed by atoms with Gasteiger partial charge >= 0.3 is 0 Å². The largest absolute Gasteiger partial charge is 0.482 e. The summed E-state index contributed by atoms with van der Waals surface area (Å²) in [5.41, 5.74) is 1.04. The molecular weight excluding hydrogens is 1680 g/mol. The molecule has 0 fully saturated rings. The second kappa shape index (κ2) is 44.6. The SMILES string of the molecule is CC(C)C(=O)Nc1ccccc1OCC(=O)NC(C)(C)C(C)(C)c1nnc2c(Cl)c(C(C)(C)C)[nH]n12.CCCCCCCCC(Oc1ccccc1NC(=O)C(C)C)C(=O)NC(C)(C)C(C)(C)c1nnc2c(Cl)c(C(C)(C)C)[nH]n12.CCCCCCCCCCCCC(Oc1ccccc1NC(=O)C(C)C)C(=O)NC(C)(C)C(C)(C)c1nnc2c(Cl)c(C(C)(C)C)[nH]n12. The zero-order valence-corrected chi connectivity index (χ0v) is 84.4. The van der Waals surface area contributed by atoms with Crippen LogP contribution in [0.4, 0.5) is 17.1 Å². The number of carbonyl (C=O) groups is 6. The van der Waals surface area contributed by atoms with Crippen LogP contribution in [0.15, 0.2) is 72.8 Å². The molecule has 6 aromatic heterocycles. The van der Waals surface area contributed by atoms with E-state index in [0.717, 1.165) is 55.6 Å². The maximum atomic E-state index is 14.2. The molecule has 2 unspecified atom stereocenters. The first-order valence-electron chi connectivity index (χ1n) is 46.1. The molecule has 30 heteroatoms. The summed E-state index contributed by atoms with van der Waals surface area (Å²) in [6, 6.07) is 21.6. The van der Waals surface area contributed by atoms with Crippen LogP contribution in [0.2, 0.25) is 15.1 Å². The number of fused-ring (bicyclic) bond motifs is 3. The number of nitrogens with one attached hydrogen (secondary N) is 9. The Hall–Kier alpha value is -9.21. The lowest BCUT2D eigenvalue weighted by Crippen LogP contribution is -2.59. The number of halogens is 3. The summed E-state index contributed by atoms with van der Waals surface area (Å²) < 4.78 is 24.1. The van der Waals surface area contributed by atoms with Crippen LogP contribution in [-0.4, -0.2) is 130 Å². The lowest BCUT2D eigenvalue weighted by Gasteiger charge is -2.41. The molecule has 2 atom stereocenters. The molecular formula is C98H151Cl3N18O9. The number of ether oxygens (including phenoxy) is 3. The minimum atomic E-state index is -0.767. The van der Waals surface area contributed by atoms with Gasteiger partial charge in [0.25, 0.3) is 17.7 Å². The van der Waals surface area contributed by atoms with Crippen LogP contribution >= 0.6 is 34.8 Å². The number of rotatable bonds is 42. The number of hydrogen-bond acceptors (Lipinski definition) is 15. The molecule has 128 heavy (non-hydrogen) atoms. The third-order valence-electron chi connectivity index (χ3n) is 25.0. The number of unbranched alkanes of at least 4 members (excludes halogenated alkanes) is 14. The highest BCUT2D eigenvalue weighted by atomic mass is 35.5. The summed E-state index contributed by atoms with van der Waals surface area (Å²) in [6.45, 7) is 57.9. The van der Waals surface area contributed by atoms with Gasteiger partial charge in [-0.3, -0.25) is 44.1 Å². The van der Waals surface area contributed by atoms with E-state index in [1.165, 1.54) is 64.2 Å². The van der Waals surface area contributed by atoms with Crippen molar-refractivity contribution in [2.75, 3.05) is 22.6 Å². The smallest absolute Gasteiger partial charge is 0.261 e. The number of hydrogen-bond donors (Lipinski definition) is 9. The van der Waals surface area contributed by atoms with Gasteiger partial charge in [0.05, 0.1) is 34.1 Å². The summed E-state index contributed by atoms with van der Waals surface area (Å²) in [4.78, 5) is 78.3. The Labute approximate surface area is 775 Å². The average molecular weight is 1830 g/mol. The van der Waals surface area contributed by atoms with E-state index in [1.807, 2.05) is 164 Å². The number of aromatic nitrogens is 12. The fourth-order valence-corrected chi connectivity index (χ4v) is 15.7. The van der Waals surface area contributed by atoms with E-state index in [1.54, 1.807) is 47.0 Å². The van der Waals surface area contributed by atoms with Crippen molar-refractivity contribution in [1.29, 1.82) is 0 Å². The highest BCUT2D eigenvalue weighted by molar-refractivity contribution is 6.35. The molecule has 6 heterocycles. The number of nitrogens with zero attached hydrogens (tertiary/aromatic N) is 9. The van der Waals surface area contributed by atoms with E-state index in [2.05, 4.69) is 154 Å². The molecule has 9 aromatic rings. The summed E-state index contributed by atoms with van der Waals surface area (Å²) in [7, 11) is 0. The molecule has 0 spiro atoms. The Morgan fingerprint density at radius 3 is 0.891 bits per heavy atom. The van der Waals surface area contributed by atoms with E-state index in [4.69, 9.17) is 49.0 Å². The Balaban J connectivity index is 0.000000266. The molecule has 6 amide bonds. The molecule has 0 radical (unpaired) electrons. The number of para-hydroxylation sites is 6. The van der Waals surface area contributed by atoms with Crippen molar-refractivity contribution in [2.45, 2.75) is 378 Å². The van der Waals surface area contributed by atoms with Crippen molar-refractivity contribution in [3.63, 3.8) is 0 Å². The molecule has 9 N–H and O–H groups in total. The molecule has 9 rings (SSSR count). The lowest BCUT2D eigenvalue weighted by molar-refractivity contribution is -0.131. The van der Waals surface area contributed by atoms with Gasteiger partial charge in [-0.2, -0.15) is 0 Å². The van der Waals surface area contributed by atoms with Crippen molar-refractivity contribution >= 4 is 104 Å². The third kappa shape index (κ3) is 26.8. The second-order valence-corrected chi connectivity index (χ2v) is 42.6. The minimum absolute atomic E-state index is 0.108. The number of benzene rings is 3. The van der Waals surface area contributed by atoms with Crippen molar-refractivity contribution in [3.8, 4) is 17.2 Å². The van der Waals surface area contributed by atoms with Crippen LogP contribution < -0.4 is 46.1 Å². The monoisotopic (exact) mass is 1830 g/mol. The number of amides is 6. The van der Waals surface area contributed by atoms with Gasteiger partial charge in [-0.1, -0.05) is 320 Å². The molecule has 0 bridgehead atoms. The van der Waals surface area contributed by atoms with Gasteiger partial charge in [-0.05, 0) is 104 Å². The Morgan fingerprint density at radius 2 is 0.609 bits per heavy atom. The fraction of sp³-hybridized carbons (Fsp3) is 0.633. The summed E-state index contributed by atoms with van der Waals surface area (Å²) in [5, 5.41) is 56.8. The minimum Gasteiger partial charge on any atom is -0.482 e. The predicted octanol–water partition coefficient (Wildman–Crippen LogP) is 22.4. The maximum Gasteiger partial charge on any atom is 0.261 e. The zero-order valence-electron chi connectivity index (χ0n) is 82.1. The Kier molecular flexibility index (Phi) is 36.9. The average Bonchev–Trinajstić information content (AvgIpc) is 1.59. The molecule has 27 nitrogen and oxygen atoms in total. The number of carbonyl (C=O) groups excluding carboxylic acids is 6. The van der Waals surface area contributed by atoms with Crippen LogP contribution in [0.25, 0.3) is 16.9 Å². The van der Waals surface area contributed by atoms with Crippen molar-refractivity contribution in [2.24, 2.45) is 17.8 Å². The van der Waals surface area contributed by atoms with Crippen molar-refractivity contribution < 1.29 is 43.0 Å². The van der Waals surface area contributed by atoms with Gasteiger partial charge < -0.3 is 46.1 Å². The standard InChI is InChI=1S/C38H61ClN6O3.C34H53ClN6O3.C26H37ClN6O3/c1-11-12-13-14-15-16-17-18-19-20-25-29(48-28-24-22-21-23-27(28)40-33(46)26(2)3)34(47)41-38(9,10)37(7,8)35-43-42-32-30(39)31(36(4,5)6)44-45(32)35;1-11-12-13-14-15-16-21-25(44-24-20-18-17-19-23(24)36-29(42)22(2)3)30(43)37-34(9,10)33(7,8)31-39-38-28-26(35)27(32(4,5)6)40-41(28)31;1-15(2)22(35)28-16-12-10-11-13-17(16)36-14-18(34)29-26(8,9)25(6,7)23-31-30-21-19(27)20(24(3,4)5)32-33(21)23/h21-24,26,29,44H,11-20,25H2,1-10H3,(H,40,46)(H,41,47);17-20,22,25,40H,11-16,21H2,1-10H3,(H,36,42)(H,37,43);10-13,15,32H,14H2,1-9H3,(H,28,35)(H,29,34). The van der Waals surface area contributed by atoms with E-state index in [0.29, 0.717) is 96.6 Å². The van der Waals surface area contributed by atoms with Gasteiger partial charge in [0, 0.05) is 66.9 Å². The van der Waals surface area contributed by atoms with Gasteiger partial charge in [-0.15, -0.1) is 30.6 Å². The number of anilines is 3. The number of H-pyrrole nitrogens is 3. The first kappa shape index (κ1) is 106. The van der Waals surface area contributed by atoms with E-state index in [9.17, 15) is 28.8 Å². The molecule has 708 valence electrons. The normalized spacial score (nSPS) is 13.1. The molecule has 3 aromatic carbocycles. The van der Waals surface area contributed by atoms with E-state index in [-0.39, 0.29) is 76.0 Å². The lowest BCUT2D eigenvalue weighted by atomic mass is 9.73. The fourth-order valence-electron chi connectivity index (χ4n) is 14.3. The van der Waals surface area contributed by atoms with Crippen LogP contribution in [0.5, 0.6) is 17.2 Å². The van der Waals surface area contributed by atoms with E-state index >= 15 is 0 Å². The quantitative estimate of drug-likeness (QED) is 0.0161. The first-order chi connectivity index (χ1) is 59.6. The third-order valence-corrected chi connectivity index (χ3v) is 26.0. The maximum absolute atomic E-state index is 14.2. The van der Waals surface area contributed by atoms with Gasteiger partial charge in [0.1, 0.15) is 32.3 Å². The van der Waals surface area contributed by atoms with Crippen LogP contribution in [0, 0.1) is 17.8 Å². The van der Waals surface area contributed by atoms with Crippen LogP contribution in [-0.2, 0) is 61.3 Å². The topological polar surface area (TPSA) is 340 Å². The number of aromatic amines is 3. The summed E-state index contributed by atoms with van der Waals surface area (Å²) in [5.74, 6) is 1.69. The summed E-state index contributed by atoms with van der Waals surface area (Å²) >= 11 is 20.0.